The Morgan fingerprint density at radius 1 is 0.936 bits per heavy atom. The van der Waals surface area contributed by atoms with Crippen LogP contribution in [0.1, 0.15) is 54.2 Å². The van der Waals surface area contributed by atoms with Gasteiger partial charge in [-0.05, 0) is 77.6 Å². The normalized spacial score (nSPS) is 22.0. The van der Waals surface area contributed by atoms with Crippen LogP contribution < -0.4 is 19.7 Å². The third-order valence-corrected chi connectivity index (χ3v) is 10.0. The number of aliphatic hydroxyl groups excluding tert-OH is 1. The number of aliphatic hydroxyl groups is 1. The molecule has 0 saturated carbocycles. The Morgan fingerprint density at radius 2 is 1.57 bits per heavy atom. The fourth-order valence-electron chi connectivity index (χ4n) is 7.66. The molecule has 1 fully saturated rings. The number of carbonyl (C=O) groups is 2. The van der Waals surface area contributed by atoms with Gasteiger partial charge in [-0.15, -0.1) is 0 Å². The van der Waals surface area contributed by atoms with Gasteiger partial charge in [0.1, 0.15) is 11.5 Å². The minimum absolute atomic E-state index is 0.0740. The van der Waals surface area contributed by atoms with Crippen molar-refractivity contribution < 1.29 is 28.9 Å². The number of hydrogen-bond acceptors (Lipinski definition) is 6. The number of hydrogen-bond donors (Lipinski definition) is 2. The van der Waals surface area contributed by atoms with Crippen molar-refractivity contribution in [3.05, 3.63) is 119 Å². The standard InChI is InChI=1S/C39H42N2O6/c1-25-35(38(2,3)28-13-18-31(46-5)19-14-28)34(21-22-42)47-39(25)32-23-29(40-36(43)27-11-16-30(45-4)17-12-27)15-20-33(32)41(37(39)44)24-26-9-7-6-8-10-26/h6-20,23,25,34-35,42H,21-22,24H2,1-5H3,(H,40,43)/t25-,34+,35-,39+/m0/s1. The average Bonchev–Trinajstić information content (AvgIpc) is 3.51. The van der Waals surface area contributed by atoms with Crippen LogP contribution in [-0.2, 0) is 27.1 Å². The van der Waals surface area contributed by atoms with Crippen molar-refractivity contribution in [2.45, 2.75) is 50.9 Å². The van der Waals surface area contributed by atoms with E-state index in [9.17, 15) is 14.7 Å². The zero-order chi connectivity index (χ0) is 33.3. The first-order chi connectivity index (χ1) is 22.6. The van der Waals surface area contributed by atoms with E-state index >= 15 is 0 Å². The SMILES string of the molecule is COc1ccc(C(=O)Nc2ccc3c(c2)[C@@]2(O[C@H](CCO)[C@@H](C(C)(C)c4ccc(OC)cc4)[C@@H]2C)C(=O)N3Cc2ccccc2)cc1. The van der Waals surface area contributed by atoms with Crippen molar-refractivity contribution in [3.63, 3.8) is 0 Å². The maximum Gasteiger partial charge on any atom is 0.264 e. The third-order valence-electron chi connectivity index (χ3n) is 10.0. The van der Waals surface area contributed by atoms with Gasteiger partial charge in [-0.25, -0.2) is 0 Å². The molecule has 4 aromatic rings. The second kappa shape index (κ2) is 12.9. The van der Waals surface area contributed by atoms with Gasteiger partial charge in [0.15, 0.2) is 5.60 Å². The number of nitrogens with one attached hydrogen (secondary N) is 1. The molecule has 8 heteroatoms. The number of benzene rings is 4. The molecule has 0 aromatic heterocycles. The molecule has 2 heterocycles. The summed E-state index contributed by atoms with van der Waals surface area (Å²) in [5.74, 6) is 0.603. The second-order valence-corrected chi connectivity index (χ2v) is 13.0. The van der Waals surface area contributed by atoms with Gasteiger partial charge in [0, 0.05) is 35.3 Å². The zero-order valence-corrected chi connectivity index (χ0v) is 27.5. The van der Waals surface area contributed by atoms with Gasteiger partial charge in [-0.2, -0.15) is 0 Å². The first kappa shape index (κ1) is 32.3. The highest BCUT2D eigenvalue weighted by Gasteiger charge is 2.65. The van der Waals surface area contributed by atoms with Crippen molar-refractivity contribution in [2.24, 2.45) is 11.8 Å². The maximum atomic E-state index is 14.9. The molecular weight excluding hydrogens is 592 g/mol. The summed E-state index contributed by atoms with van der Waals surface area (Å²) in [5.41, 5.74) is 2.85. The lowest BCUT2D eigenvalue weighted by atomic mass is 9.63. The molecule has 4 aromatic carbocycles. The fourth-order valence-corrected chi connectivity index (χ4v) is 7.66. The molecule has 8 nitrogen and oxygen atoms in total. The van der Waals surface area contributed by atoms with E-state index in [0.717, 1.165) is 28.1 Å². The van der Waals surface area contributed by atoms with Crippen molar-refractivity contribution in [2.75, 3.05) is 31.0 Å². The molecule has 0 radical (unpaired) electrons. The minimum atomic E-state index is -1.32. The third kappa shape index (κ3) is 5.66. The van der Waals surface area contributed by atoms with Crippen molar-refractivity contribution in [1.29, 1.82) is 0 Å². The van der Waals surface area contributed by atoms with Gasteiger partial charge in [0.05, 0.1) is 32.6 Å². The van der Waals surface area contributed by atoms with Crippen LogP contribution in [0.5, 0.6) is 11.5 Å². The van der Waals surface area contributed by atoms with Crippen LogP contribution in [0.25, 0.3) is 0 Å². The highest BCUT2D eigenvalue weighted by atomic mass is 16.5. The summed E-state index contributed by atoms with van der Waals surface area (Å²) < 4.78 is 17.7. The molecule has 2 aliphatic rings. The number of anilines is 2. The summed E-state index contributed by atoms with van der Waals surface area (Å²) in [4.78, 5) is 30.0. The van der Waals surface area contributed by atoms with E-state index in [2.05, 4.69) is 38.2 Å². The Morgan fingerprint density at radius 3 is 2.19 bits per heavy atom. The molecule has 6 rings (SSSR count). The number of ether oxygens (including phenoxy) is 3. The molecule has 1 saturated heterocycles. The largest absolute Gasteiger partial charge is 0.497 e. The topological polar surface area (TPSA) is 97.3 Å². The van der Waals surface area contributed by atoms with Crippen LogP contribution in [0.2, 0.25) is 0 Å². The molecule has 0 bridgehead atoms. The Balaban J connectivity index is 1.43. The highest BCUT2D eigenvalue weighted by Crippen LogP contribution is 2.60. The molecule has 4 atom stereocenters. The number of carbonyl (C=O) groups excluding carboxylic acids is 2. The summed E-state index contributed by atoms with van der Waals surface area (Å²) in [6.45, 7) is 6.74. The number of methoxy groups -OCH3 is 2. The van der Waals surface area contributed by atoms with Crippen molar-refractivity contribution >= 4 is 23.2 Å². The molecule has 2 N–H and O–H groups in total. The van der Waals surface area contributed by atoms with Crippen LogP contribution in [0.3, 0.4) is 0 Å². The number of amides is 2. The first-order valence-corrected chi connectivity index (χ1v) is 16.0. The van der Waals surface area contributed by atoms with E-state index in [1.54, 1.807) is 43.4 Å². The van der Waals surface area contributed by atoms with Crippen LogP contribution in [0.15, 0.2) is 97.1 Å². The van der Waals surface area contributed by atoms with Gasteiger partial charge >= 0.3 is 0 Å². The average molecular weight is 635 g/mol. The van der Waals surface area contributed by atoms with Crippen LogP contribution in [0.4, 0.5) is 11.4 Å². The van der Waals surface area contributed by atoms with Gasteiger partial charge in [-0.1, -0.05) is 63.2 Å². The minimum Gasteiger partial charge on any atom is -0.497 e. The Labute approximate surface area is 276 Å². The zero-order valence-electron chi connectivity index (χ0n) is 27.5. The lowest BCUT2D eigenvalue weighted by molar-refractivity contribution is -0.146. The Bertz CT molecular complexity index is 1740. The lowest BCUT2D eigenvalue weighted by Crippen LogP contribution is -2.45. The van der Waals surface area contributed by atoms with Crippen molar-refractivity contribution in [3.8, 4) is 11.5 Å². The van der Waals surface area contributed by atoms with Gasteiger partial charge in [-0.3, -0.25) is 9.59 Å². The van der Waals surface area contributed by atoms with E-state index < -0.39 is 17.1 Å². The van der Waals surface area contributed by atoms with E-state index in [1.807, 2.05) is 60.7 Å². The predicted octanol–water partition coefficient (Wildman–Crippen LogP) is 6.71. The van der Waals surface area contributed by atoms with E-state index in [0.29, 0.717) is 30.0 Å². The summed E-state index contributed by atoms with van der Waals surface area (Å²) >= 11 is 0. The Hall–Kier alpha value is -4.66. The summed E-state index contributed by atoms with van der Waals surface area (Å²) in [7, 11) is 3.23. The fraction of sp³-hybridized carbons (Fsp3) is 0.333. The first-order valence-electron chi connectivity index (χ1n) is 16.0. The molecule has 47 heavy (non-hydrogen) atoms. The van der Waals surface area contributed by atoms with Gasteiger partial charge in [0.2, 0.25) is 0 Å². The van der Waals surface area contributed by atoms with E-state index in [-0.39, 0.29) is 30.3 Å². The molecule has 2 amide bonds. The molecular formula is C39H42N2O6. The van der Waals surface area contributed by atoms with Crippen LogP contribution >= 0.6 is 0 Å². The summed E-state index contributed by atoms with van der Waals surface area (Å²) in [6.07, 6.45) is -0.0240. The van der Waals surface area contributed by atoms with Crippen molar-refractivity contribution in [1.82, 2.24) is 0 Å². The highest BCUT2D eigenvalue weighted by molar-refractivity contribution is 6.09. The second-order valence-electron chi connectivity index (χ2n) is 13.0. The maximum absolute atomic E-state index is 14.9. The quantitative estimate of drug-likeness (QED) is 0.201. The lowest BCUT2D eigenvalue weighted by Gasteiger charge is -2.38. The summed E-state index contributed by atoms with van der Waals surface area (Å²) in [5, 5.41) is 13.2. The van der Waals surface area contributed by atoms with Crippen LogP contribution in [-0.4, -0.2) is 43.9 Å². The molecule has 1 spiro atoms. The van der Waals surface area contributed by atoms with Crippen LogP contribution in [0, 0.1) is 11.8 Å². The predicted molar refractivity (Wildman–Crippen MR) is 182 cm³/mol. The monoisotopic (exact) mass is 634 g/mol. The summed E-state index contributed by atoms with van der Waals surface area (Å²) in [6, 6.07) is 30.4. The molecule has 2 aliphatic heterocycles. The molecule has 0 aliphatic carbocycles. The number of nitrogens with zero attached hydrogens (tertiary/aromatic N) is 1. The Kier molecular flexibility index (Phi) is 8.83. The smallest absolute Gasteiger partial charge is 0.264 e. The van der Waals surface area contributed by atoms with Gasteiger partial charge in [0.25, 0.3) is 11.8 Å². The van der Waals surface area contributed by atoms with E-state index in [1.165, 1.54) is 0 Å². The number of fused-ring (bicyclic) bond motifs is 2. The number of rotatable bonds is 10. The van der Waals surface area contributed by atoms with Gasteiger partial charge < -0.3 is 29.5 Å². The molecule has 244 valence electrons. The van der Waals surface area contributed by atoms with E-state index in [4.69, 9.17) is 14.2 Å². The molecule has 0 unspecified atom stereocenters.